The van der Waals surface area contributed by atoms with E-state index in [1.807, 2.05) is 18.3 Å². The van der Waals surface area contributed by atoms with E-state index in [4.69, 9.17) is 4.42 Å². The zero-order chi connectivity index (χ0) is 11.2. The van der Waals surface area contributed by atoms with E-state index in [9.17, 15) is 0 Å². The van der Waals surface area contributed by atoms with Crippen molar-refractivity contribution in [1.29, 1.82) is 0 Å². The third-order valence-corrected chi connectivity index (χ3v) is 2.49. The lowest BCUT2D eigenvalue weighted by molar-refractivity contribution is 0.483. The summed E-state index contributed by atoms with van der Waals surface area (Å²) >= 11 is 0. The largest absolute Gasteiger partial charge is 0.468 e. The van der Waals surface area contributed by atoms with E-state index >= 15 is 0 Å². The number of pyridine rings is 1. The molecule has 0 aliphatic carbocycles. The van der Waals surface area contributed by atoms with Gasteiger partial charge in [-0.15, -0.1) is 0 Å². The van der Waals surface area contributed by atoms with Gasteiger partial charge in [-0.1, -0.05) is 13.0 Å². The standard InChI is InChI=1S/C13H16N2O/c1-2-14-10-13-12(5-7-16-13)8-11-4-3-6-15-9-11/h3-7,9,14H,2,8,10H2,1H3. The highest BCUT2D eigenvalue weighted by Crippen LogP contribution is 2.14. The molecule has 0 aliphatic heterocycles. The lowest BCUT2D eigenvalue weighted by Crippen LogP contribution is -2.12. The third-order valence-electron chi connectivity index (χ3n) is 2.49. The quantitative estimate of drug-likeness (QED) is 0.833. The average Bonchev–Trinajstić information content (AvgIpc) is 2.75. The molecule has 2 rings (SSSR count). The van der Waals surface area contributed by atoms with Gasteiger partial charge in [0.2, 0.25) is 0 Å². The highest BCUT2D eigenvalue weighted by Gasteiger charge is 2.06. The van der Waals surface area contributed by atoms with Gasteiger partial charge in [0.05, 0.1) is 12.8 Å². The lowest BCUT2D eigenvalue weighted by Gasteiger charge is -2.03. The van der Waals surface area contributed by atoms with Crippen molar-refractivity contribution in [1.82, 2.24) is 10.3 Å². The number of hydrogen-bond donors (Lipinski definition) is 1. The Morgan fingerprint density at radius 1 is 1.38 bits per heavy atom. The van der Waals surface area contributed by atoms with E-state index in [0.29, 0.717) is 0 Å². The summed E-state index contributed by atoms with van der Waals surface area (Å²) in [5, 5.41) is 3.27. The van der Waals surface area contributed by atoms with Crippen LogP contribution in [0.1, 0.15) is 23.8 Å². The van der Waals surface area contributed by atoms with Gasteiger partial charge in [0.15, 0.2) is 0 Å². The summed E-state index contributed by atoms with van der Waals surface area (Å²) < 4.78 is 5.46. The van der Waals surface area contributed by atoms with Gasteiger partial charge in [0.1, 0.15) is 5.76 Å². The first-order chi connectivity index (χ1) is 7.90. The molecule has 0 radical (unpaired) electrons. The molecule has 2 aromatic heterocycles. The van der Waals surface area contributed by atoms with Crippen LogP contribution in [-0.2, 0) is 13.0 Å². The van der Waals surface area contributed by atoms with Gasteiger partial charge in [0.25, 0.3) is 0 Å². The molecular formula is C13H16N2O. The fraction of sp³-hybridized carbons (Fsp3) is 0.308. The fourth-order valence-corrected chi connectivity index (χ4v) is 1.64. The van der Waals surface area contributed by atoms with Crippen molar-refractivity contribution in [2.24, 2.45) is 0 Å². The zero-order valence-corrected chi connectivity index (χ0v) is 9.44. The molecule has 0 bridgehead atoms. The predicted molar refractivity (Wildman–Crippen MR) is 63.1 cm³/mol. The normalized spacial score (nSPS) is 10.6. The van der Waals surface area contributed by atoms with Crippen LogP contribution in [0, 0.1) is 0 Å². The number of nitrogens with one attached hydrogen (secondary N) is 1. The Hall–Kier alpha value is -1.61. The van der Waals surface area contributed by atoms with Crippen LogP contribution in [-0.4, -0.2) is 11.5 Å². The van der Waals surface area contributed by atoms with Gasteiger partial charge >= 0.3 is 0 Å². The van der Waals surface area contributed by atoms with Gasteiger partial charge in [-0.2, -0.15) is 0 Å². The molecule has 0 saturated heterocycles. The summed E-state index contributed by atoms with van der Waals surface area (Å²) in [5.41, 5.74) is 2.44. The second kappa shape index (κ2) is 5.47. The van der Waals surface area contributed by atoms with Crippen LogP contribution in [0.3, 0.4) is 0 Å². The maximum Gasteiger partial charge on any atom is 0.121 e. The second-order valence-corrected chi connectivity index (χ2v) is 3.69. The molecule has 0 fully saturated rings. The Kier molecular flexibility index (Phi) is 3.72. The molecule has 3 heteroatoms. The number of hydrogen-bond acceptors (Lipinski definition) is 3. The highest BCUT2D eigenvalue weighted by atomic mass is 16.3. The van der Waals surface area contributed by atoms with E-state index in [1.165, 1.54) is 11.1 Å². The van der Waals surface area contributed by atoms with Crippen LogP contribution >= 0.6 is 0 Å². The fourth-order valence-electron chi connectivity index (χ4n) is 1.64. The maximum absolute atomic E-state index is 5.46. The van der Waals surface area contributed by atoms with Gasteiger partial charge in [-0.3, -0.25) is 4.98 Å². The Bertz CT molecular complexity index is 423. The van der Waals surface area contributed by atoms with Crippen molar-refractivity contribution in [2.75, 3.05) is 6.54 Å². The molecule has 2 heterocycles. The van der Waals surface area contributed by atoms with Crippen LogP contribution in [0.2, 0.25) is 0 Å². The van der Waals surface area contributed by atoms with Crippen molar-refractivity contribution < 1.29 is 4.42 Å². The summed E-state index contributed by atoms with van der Waals surface area (Å²) in [7, 11) is 0. The molecule has 16 heavy (non-hydrogen) atoms. The third kappa shape index (κ3) is 2.70. The summed E-state index contributed by atoms with van der Waals surface area (Å²) in [6, 6.07) is 6.07. The maximum atomic E-state index is 5.46. The van der Waals surface area contributed by atoms with E-state index < -0.39 is 0 Å². The smallest absolute Gasteiger partial charge is 0.121 e. The first-order valence-electron chi connectivity index (χ1n) is 5.55. The van der Waals surface area contributed by atoms with Crippen molar-refractivity contribution in [2.45, 2.75) is 19.9 Å². The van der Waals surface area contributed by atoms with Crippen LogP contribution < -0.4 is 5.32 Å². The highest BCUT2D eigenvalue weighted by molar-refractivity contribution is 5.25. The van der Waals surface area contributed by atoms with Crippen LogP contribution in [0.15, 0.2) is 41.3 Å². The topological polar surface area (TPSA) is 38.1 Å². The molecule has 0 amide bonds. The Morgan fingerprint density at radius 2 is 2.31 bits per heavy atom. The molecule has 0 aliphatic rings. The minimum atomic E-state index is 0.791. The molecule has 0 saturated carbocycles. The molecule has 2 aromatic rings. The van der Waals surface area contributed by atoms with E-state index in [2.05, 4.69) is 23.3 Å². The number of rotatable bonds is 5. The van der Waals surface area contributed by atoms with Crippen molar-refractivity contribution >= 4 is 0 Å². The zero-order valence-electron chi connectivity index (χ0n) is 9.44. The average molecular weight is 216 g/mol. The number of aromatic nitrogens is 1. The Balaban J connectivity index is 2.07. The van der Waals surface area contributed by atoms with Crippen molar-refractivity contribution in [3.05, 3.63) is 53.7 Å². The molecule has 1 N–H and O–H groups in total. The summed E-state index contributed by atoms with van der Waals surface area (Å²) in [6.07, 6.45) is 6.31. The van der Waals surface area contributed by atoms with Crippen molar-refractivity contribution in [3.8, 4) is 0 Å². The Morgan fingerprint density at radius 3 is 3.06 bits per heavy atom. The van der Waals surface area contributed by atoms with Gasteiger partial charge in [0, 0.05) is 18.8 Å². The first-order valence-corrected chi connectivity index (χ1v) is 5.55. The Labute approximate surface area is 95.5 Å². The van der Waals surface area contributed by atoms with E-state index in [1.54, 1.807) is 12.5 Å². The minimum Gasteiger partial charge on any atom is -0.468 e. The number of nitrogens with zero attached hydrogens (tertiary/aromatic N) is 1. The predicted octanol–water partition coefficient (Wildman–Crippen LogP) is 2.37. The van der Waals surface area contributed by atoms with Gasteiger partial charge < -0.3 is 9.73 Å². The monoisotopic (exact) mass is 216 g/mol. The van der Waals surface area contributed by atoms with Crippen LogP contribution in [0.4, 0.5) is 0 Å². The molecule has 0 aromatic carbocycles. The van der Waals surface area contributed by atoms with Crippen molar-refractivity contribution in [3.63, 3.8) is 0 Å². The molecule has 0 unspecified atom stereocenters. The second-order valence-electron chi connectivity index (χ2n) is 3.69. The van der Waals surface area contributed by atoms with Crippen LogP contribution in [0.25, 0.3) is 0 Å². The summed E-state index contributed by atoms with van der Waals surface area (Å²) in [5.74, 6) is 1.02. The first kappa shape index (κ1) is 10.9. The summed E-state index contributed by atoms with van der Waals surface area (Å²) in [4.78, 5) is 4.11. The lowest BCUT2D eigenvalue weighted by atomic mass is 10.1. The van der Waals surface area contributed by atoms with Gasteiger partial charge in [-0.05, 0) is 29.8 Å². The minimum absolute atomic E-state index is 0.791. The van der Waals surface area contributed by atoms with Gasteiger partial charge in [-0.25, -0.2) is 0 Å². The van der Waals surface area contributed by atoms with E-state index in [-0.39, 0.29) is 0 Å². The molecule has 84 valence electrons. The van der Waals surface area contributed by atoms with E-state index in [0.717, 1.165) is 25.3 Å². The SMILES string of the molecule is CCNCc1occc1Cc1cccnc1. The van der Waals surface area contributed by atoms with Crippen LogP contribution in [0.5, 0.6) is 0 Å². The molecule has 3 nitrogen and oxygen atoms in total. The molecule has 0 spiro atoms. The number of furan rings is 1. The molecular weight excluding hydrogens is 200 g/mol. The molecule has 0 atom stereocenters. The summed E-state index contributed by atoms with van der Waals surface area (Å²) in [6.45, 7) is 3.83.